The molecule has 1 aliphatic rings. The van der Waals surface area contributed by atoms with Crippen molar-refractivity contribution in [1.82, 2.24) is 19.2 Å². The van der Waals surface area contributed by atoms with Gasteiger partial charge in [0.25, 0.3) is 5.91 Å². The highest BCUT2D eigenvalue weighted by Crippen LogP contribution is 2.34. The molecule has 1 aliphatic heterocycles. The summed E-state index contributed by atoms with van der Waals surface area (Å²) in [4.78, 5) is 27.1. The lowest BCUT2D eigenvalue weighted by atomic mass is 9.95. The number of carbonyl (C=O) groups excluding carboxylic acids is 1. The zero-order valence-electron chi connectivity index (χ0n) is 16.8. The average molecular weight is 430 g/mol. The van der Waals surface area contributed by atoms with Crippen molar-refractivity contribution in [1.29, 1.82) is 0 Å². The molecule has 1 amide bonds. The van der Waals surface area contributed by atoms with Crippen LogP contribution in [0.15, 0.2) is 59.4 Å². The molecule has 0 bridgehead atoms. The first-order chi connectivity index (χ1) is 14.8. The van der Waals surface area contributed by atoms with Crippen LogP contribution >= 0.6 is 0 Å². The molecule has 6 nitrogen and oxygen atoms in total. The van der Waals surface area contributed by atoms with E-state index in [1.54, 1.807) is 19.2 Å². The van der Waals surface area contributed by atoms with Crippen LogP contribution in [0.5, 0.6) is 0 Å². The summed E-state index contributed by atoms with van der Waals surface area (Å²) in [5, 5.41) is 4.38. The number of piperidine rings is 1. The number of rotatable bonds is 3. The number of amides is 1. The maximum atomic E-state index is 13.4. The fourth-order valence-electron chi connectivity index (χ4n) is 4.03. The minimum absolute atomic E-state index is 0.189. The van der Waals surface area contributed by atoms with Gasteiger partial charge in [-0.3, -0.25) is 4.79 Å². The third-order valence-corrected chi connectivity index (χ3v) is 5.50. The normalized spacial score (nSPS) is 17.0. The summed E-state index contributed by atoms with van der Waals surface area (Å²) in [7, 11) is 1.55. The Bertz CT molecular complexity index is 1150. The van der Waals surface area contributed by atoms with Gasteiger partial charge in [-0.1, -0.05) is 30.3 Å². The number of hydrogen-bond donors (Lipinski definition) is 0. The van der Waals surface area contributed by atoms with Crippen molar-refractivity contribution in [3.8, 4) is 5.69 Å². The first kappa shape index (κ1) is 20.9. The quantitative estimate of drug-likeness (QED) is 0.638. The van der Waals surface area contributed by atoms with Crippen molar-refractivity contribution >= 4 is 5.91 Å². The monoisotopic (exact) mass is 430 g/mol. The molecule has 3 aromatic rings. The lowest BCUT2D eigenvalue weighted by molar-refractivity contribution is -0.138. The average Bonchev–Trinajstić information content (AvgIpc) is 3.08. The molecule has 0 spiro atoms. The molecule has 2 aromatic carbocycles. The van der Waals surface area contributed by atoms with Gasteiger partial charge in [0.05, 0.1) is 16.8 Å². The molecule has 2 heterocycles. The fraction of sp³-hybridized carbons (Fsp3) is 0.318. The third kappa shape index (κ3) is 3.99. The number of benzene rings is 2. The van der Waals surface area contributed by atoms with Crippen molar-refractivity contribution < 1.29 is 18.0 Å². The van der Waals surface area contributed by atoms with Gasteiger partial charge in [-0.25, -0.2) is 14.0 Å². The highest BCUT2D eigenvalue weighted by atomic mass is 19.4. The van der Waals surface area contributed by atoms with E-state index in [1.807, 2.05) is 18.2 Å². The summed E-state index contributed by atoms with van der Waals surface area (Å²) in [6.07, 6.45) is -3.34. The van der Waals surface area contributed by atoms with Crippen LogP contribution in [-0.2, 0) is 13.2 Å². The number of nitrogens with zero attached hydrogens (tertiary/aromatic N) is 4. The second kappa shape index (κ2) is 8.05. The summed E-state index contributed by atoms with van der Waals surface area (Å²) in [5.74, 6) is -0.438. The minimum atomic E-state index is -4.61. The van der Waals surface area contributed by atoms with E-state index in [1.165, 1.54) is 32.3 Å². The van der Waals surface area contributed by atoms with E-state index < -0.39 is 17.6 Å². The van der Waals surface area contributed by atoms with Gasteiger partial charge in [0.1, 0.15) is 5.82 Å². The van der Waals surface area contributed by atoms with Crippen molar-refractivity contribution in [3.63, 3.8) is 0 Å². The Balaban J connectivity index is 1.67. The molecule has 9 heteroatoms. The number of carbonyl (C=O) groups is 1. The van der Waals surface area contributed by atoms with Crippen LogP contribution < -0.4 is 5.69 Å². The van der Waals surface area contributed by atoms with Crippen LogP contribution in [0.25, 0.3) is 5.69 Å². The predicted octanol–water partition coefficient (Wildman–Crippen LogP) is 3.61. The number of halogens is 3. The Kier molecular flexibility index (Phi) is 5.43. The largest absolute Gasteiger partial charge is 0.417 e. The molecule has 162 valence electrons. The first-order valence-corrected chi connectivity index (χ1v) is 9.94. The van der Waals surface area contributed by atoms with Crippen molar-refractivity contribution in [2.24, 2.45) is 7.05 Å². The molecule has 0 N–H and O–H groups in total. The molecule has 0 saturated carbocycles. The molecule has 1 atom stereocenters. The van der Waals surface area contributed by atoms with Crippen LogP contribution in [0, 0.1) is 0 Å². The van der Waals surface area contributed by atoms with E-state index in [0.29, 0.717) is 30.9 Å². The van der Waals surface area contributed by atoms with Crippen LogP contribution in [-0.4, -0.2) is 38.2 Å². The Labute approximate surface area is 176 Å². The Morgan fingerprint density at radius 1 is 1.06 bits per heavy atom. The molecule has 4 rings (SSSR count). The highest BCUT2D eigenvalue weighted by Gasteiger charge is 2.37. The van der Waals surface area contributed by atoms with Crippen molar-refractivity contribution in [3.05, 3.63) is 82.0 Å². The number of para-hydroxylation sites is 1. The van der Waals surface area contributed by atoms with Crippen LogP contribution in [0.4, 0.5) is 13.2 Å². The maximum Gasteiger partial charge on any atom is 0.417 e. The van der Waals surface area contributed by atoms with Gasteiger partial charge in [-0.2, -0.15) is 18.3 Å². The SMILES string of the molecule is Cn1nc(C2CCCN(C(=O)c3ccccc3C(F)(F)F)C2)n(-c2ccccc2)c1=O. The second-order valence-electron chi connectivity index (χ2n) is 7.57. The standard InChI is InChI=1S/C22H21F3N4O2/c1-27-21(31)29(16-9-3-2-4-10-16)19(26-27)15-8-7-13-28(14-15)20(30)17-11-5-6-12-18(17)22(23,24)25/h2-6,9-12,15H,7-8,13-14H2,1H3. The molecular formula is C22H21F3N4O2. The molecule has 0 aliphatic carbocycles. The van der Waals surface area contributed by atoms with Gasteiger partial charge in [-0.05, 0) is 37.1 Å². The van der Waals surface area contributed by atoms with Gasteiger partial charge >= 0.3 is 11.9 Å². The van der Waals surface area contributed by atoms with E-state index in [4.69, 9.17) is 0 Å². The summed E-state index contributed by atoms with van der Waals surface area (Å²) >= 11 is 0. The molecule has 1 fully saturated rings. The smallest absolute Gasteiger partial charge is 0.338 e. The number of aryl methyl sites for hydroxylation is 1. The summed E-state index contributed by atoms with van der Waals surface area (Å²) in [6.45, 7) is 0.540. The van der Waals surface area contributed by atoms with Gasteiger partial charge in [0.15, 0.2) is 0 Å². The Hall–Kier alpha value is -3.36. The van der Waals surface area contributed by atoms with E-state index in [-0.39, 0.29) is 23.7 Å². The van der Waals surface area contributed by atoms with E-state index in [9.17, 15) is 22.8 Å². The first-order valence-electron chi connectivity index (χ1n) is 9.94. The number of hydrogen-bond acceptors (Lipinski definition) is 3. The molecule has 1 aromatic heterocycles. The van der Waals surface area contributed by atoms with Crippen LogP contribution in [0.1, 0.15) is 40.5 Å². The number of alkyl halides is 3. The highest BCUT2D eigenvalue weighted by molar-refractivity contribution is 5.96. The lowest BCUT2D eigenvalue weighted by Gasteiger charge is -2.33. The zero-order valence-corrected chi connectivity index (χ0v) is 16.8. The lowest BCUT2D eigenvalue weighted by Crippen LogP contribution is -2.40. The maximum absolute atomic E-state index is 13.4. The molecule has 1 unspecified atom stereocenters. The third-order valence-electron chi connectivity index (χ3n) is 5.50. The summed E-state index contributed by atoms with van der Waals surface area (Å²) in [6, 6.07) is 13.9. The van der Waals surface area contributed by atoms with E-state index in [2.05, 4.69) is 5.10 Å². The Morgan fingerprint density at radius 3 is 2.45 bits per heavy atom. The molecule has 31 heavy (non-hydrogen) atoms. The van der Waals surface area contributed by atoms with Gasteiger partial charge in [0, 0.05) is 26.1 Å². The van der Waals surface area contributed by atoms with Crippen LogP contribution in [0.3, 0.4) is 0 Å². The van der Waals surface area contributed by atoms with E-state index >= 15 is 0 Å². The summed E-state index contributed by atoms with van der Waals surface area (Å²) in [5.41, 5.74) is -0.966. The van der Waals surface area contributed by atoms with Crippen molar-refractivity contribution in [2.45, 2.75) is 24.9 Å². The second-order valence-corrected chi connectivity index (χ2v) is 7.57. The van der Waals surface area contributed by atoms with Crippen LogP contribution in [0.2, 0.25) is 0 Å². The van der Waals surface area contributed by atoms with E-state index in [0.717, 1.165) is 6.07 Å². The van der Waals surface area contributed by atoms with Gasteiger partial charge in [0.2, 0.25) is 0 Å². The topological polar surface area (TPSA) is 60.1 Å². The Morgan fingerprint density at radius 2 is 1.74 bits per heavy atom. The molecule has 0 radical (unpaired) electrons. The number of aromatic nitrogens is 3. The van der Waals surface area contributed by atoms with Crippen molar-refractivity contribution in [2.75, 3.05) is 13.1 Å². The predicted molar refractivity (Wildman–Crippen MR) is 108 cm³/mol. The van der Waals surface area contributed by atoms with Gasteiger partial charge < -0.3 is 4.90 Å². The minimum Gasteiger partial charge on any atom is -0.338 e. The number of likely N-dealkylation sites (tertiary alicyclic amines) is 1. The molecular weight excluding hydrogens is 409 g/mol. The molecule has 1 saturated heterocycles. The summed E-state index contributed by atoms with van der Waals surface area (Å²) < 4.78 is 42.9. The fourth-order valence-corrected chi connectivity index (χ4v) is 4.03. The van der Waals surface area contributed by atoms with Gasteiger partial charge in [-0.15, -0.1) is 0 Å². The zero-order chi connectivity index (χ0) is 22.2.